The summed E-state index contributed by atoms with van der Waals surface area (Å²) in [6.07, 6.45) is 2.24. The highest BCUT2D eigenvalue weighted by Gasteiger charge is 2.52. The van der Waals surface area contributed by atoms with E-state index in [-0.39, 0.29) is 28.5 Å². The molecule has 0 saturated carbocycles. The van der Waals surface area contributed by atoms with Gasteiger partial charge in [-0.3, -0.25) is 0 Å². The van der Waals surface area contributed by atoms with Crippen LogP contribution in [-0.2, 0) is 18.9 Å². The molecule has 2 aliphatic rings. The molecular formula is C21H24ClF2N3O4. The maximum Gasteiger partial charge on any atom is 0.178 e. The molecule has 0 spiro atoms. The number of rotatable bonds is 5. The first kappa shape index (κ1) is 22.3. The van der Waals surface area contributed by atoms with E-state index in [0.29, 0.717) is 13.0 Å². The zero-order chi connectivity index (χ0) is 22.3. The van der Waals surface area contributed by atoms with Crippen molar-refractivity contribution in [2.24, 2.45) is 0 Å². The molecule has 10 heteroatoms. The summed E-state index contributed by atoms with van der Waals surface area (Å²) in [5, 5.41) is 7.97. The van der Waals surface area contributed by atoms with Crippen LogP contribution in [0.5, 0.6) is 0 Å². The summed E-state index contributed by atoms with van der Waals surface area (Å²) in [6.45, 7) is 7.76. The minimum atomic E-state index is -1.13. The molecule has 0 unspecified atom stereocenters. The van der Waals surface area contributed by atoms with E-state index < -0.39 is 35.7 Å². The second-order valence-electron chi connectivity index (χ2n) is 8.03. The number of fused-ring (bicyclic) bond motifs is 1. The lowest BCUT2D eigenvalue weighted by Crippen LogP contribution is -2.62. The summed E-state index contributed by atoms with van der Waals surface area (Å²) in [5.41, 5.74) is 0.124. The van der Waals surface area contributed by atoms with Gasteiger partial charge in [0.25, 0.3) is 0 Å². The fourth-order valence-electron chi connectivity index (χ4n) is 4.15. The molecule has 0 N–H and O–H groups in total. The zero-order valence-electron chi connectivity index (χ0n) is 17.4. The average molecular weight is 456 g/mol. The molecule has 0 bridgehead atoms. The fraction of sp³-hybridized carbons (Fsp3) is 0.524. The largest absolute Gasteiger partial charge is 0.376 e. The normalized spacial score (nSPS) is 30.1. The molecule has 0 aliphatic carbocycles. The minimum absolute atomic E-state index is 0.0402. The summed E-state index contributed by atoms with van der Waals surface area (Å²) in [4.78, 5) is 0. The van der Waals surface area contributed by atoms with Crippen molar-refractivity contribution < 1.29 is 27.7 Å². The Kier molecular flexibility index (Phi) is 6.15. The number of hydrogen-bond donors (Lipinski definition) is 0. The first-order chi connectivity index (χ1) is 14.8. The Morgan fingerprint density at radius 2 is 2.13 bits per heavy atom. The molecule has 31 heavy (non-hydrogen) atoms. The third-order valence-electron chi connectivity index (χ3n) is 5.57. The molecule has 7 nitrogen and oxygen atoms in total. The molecule has 1 aromatic heterocycles. The van der Waals surface area contributed by atoms with Crippen molar-refractivity contribution in [1.82, 2.24) is 15.0 Å². The van der Waals surface area contributed by atoms with E-state index in [0.717, 1.165) is 0 Å². The van der Waals surface area contributed by atoms with Crippen LogP contribution in [0, 0.1) is 11.6 Å². The zero-order valence-corrected chi connectivity index (χ0v) is 18.2. The highest BCUT2D eigenvalue weighted by atomic mass is 35.5. The highest BCUT2D eigenvalue weighted by Crippen LogP contribution is 2.40. The molecule has 1 aromatic carbocycles. The number of ether oxygens (including phenoxy) is 4. The standard InChI is InChI=1S/C21H24ClF2N3O4/c1-5-6-14-19(28-4)18(20-15(30-14)10-29-21(2,3)31-20)27-9-13(25-26-27)11-7-8-12(22)17(24)16(11)23/h5,7-9,14-15,18-20H,1,6,10H2,2-4H3/t14-,15-,18-,19+,20+/m1/s1. The summed E-state index contributed by atoms with van der Waals surface area (Å²) >= 11 is 5.66. The molecule has 0 amide bonds. The second-order valence-corrected chi connectivity index (χ2v) is 8.44. The molecule has 2 aromatic rings. The van der Waals surface area contributed by atoms with Crippen molar-refractivity contribution in [1.29, 1.82) is 0 Å². The van der Waals surface area contributed by atoms with Crippen molar-refractivity contribution in [2.75, 3.05) is 13.7 Å². The van der Waals surface area contributed by atoms with E-state index in [1.165, 1.54) is 12.1 Å². The van der Waals surface area contributed by atoms with Crippen LogP contribution in [0.1, 0.15) is 26.3 Å². The Morgan fingerprint density at radius 1 is 1.35 bits per heavy atom. The molecule has 5 atom stereocenters. The summed E-state index contributed by atoms with van der Waals surface area (Å²) in [7, 11) is 1.58. The van der Waals surface area contributed by atoms with E-state index in [1.54, 1.807) is 24.1 Å². The van der Waals surface area contributed by atoms with Gasteiger partial charge in [-0.2, -0.15) is 0 Å². The maximum absolute atomic E-state index is 14.4. The van der Waals surface area contributed by atoms with Gasteiger partial charge < -0.3 is 18.9 Å². The Bertz CT molecular complexity index is 970. The predicted octanol–water partition coefficient (Wildman–Crippen LogP) is 3.93. The summed E-state index contributed by atoms with van der Waals surface area (Å²) in [6, 6.07) is 2.20. The third kappa shape index (κ3) is 4.12. The van der Waals surface area contributed by atoms with E-state index >= 15 is 0 Å². The first-order valence-corrected chi connectivity index (χ1v) is 10.3. The SMILES string of the molecule is C=CC[C@H]1O[C@@H]2COC(C)(C)O[C@@H]2[C@H](n2cc(-c3ccc(Cl)c(F)c3F)nn2)[C@H]1OC. The highest BCUT2D eigenvalue weighted by molar-refractivity contribution is 6.30. The van der Waals surface area contributed by atoms with Gasteiger partial charge in [0, 0.05) is 12.7 Å². The smallest absolute Gasteiger partial charge is 0.178 e. The van der Waals surface area contributed by atoms with Gasteiger partial charge >= 0.3 is 0 Å². The Morgan fingerprint density at radius 3 is 2.84 bits per heavy atom. The van der Waals surface area contributed by atoms with E-state index in [9.17, 15) is 8.78 Å². The molecule has 168 valence electrons. The lowest BCUT2D eigenvalue weighted by atomic mass is 9.90. The van der Waals surface area contributed by atoms with Crippen LogP contribution in [0.25, 0.3) is 11.3 Å². The Hall–Kier alpha value is -1.91. The number of benzene rings is 1. The van der Waals surface area contributed by atoms with Crippen LogP contribution in [0.15, 0.2) is 31.0 Å². The first-order valence-electron chi connectivity index (χ1n) is 9.92. The third-order valence-corrected chi connectivity index (χ3v) is 5.86. The van der Waals surface area contributed by atoms with Crippen molar-refractivity contribution in [3.8, 4) is 11.3 Å². The molecule has 3 heterocycles. The van der Waals surface area contributed by atoms with Crippen molar-refractivity contribution in [3.63, 3.8) is 0 Å². The van der Waals surface area contributed by atoms with Gasteiger partial charge in [0.15, 0.2) is 17.4 Å². The van der Waals surface area contributed by atoms with Gasteiger partial charge in [0.2, 0.25) is 0 Å². The molecule has 4 rings (SSSR count). The quantitative estimate of drug-likeness (QED) is 0.502. The van der Waals surface area contributed by atoms with Gasteiger partial charge in [-0.1, -0.05) is 22.9 Å². The van der Waals surface area contributed by atoms with Gasteiger partial charge in [-0.05, 0) is 32.4 Å². The second kappa shape index (κ2) is 8.55. The van der Waals surface area contributed by atoms with Crippen LogP contribution >= 0.6 is 11.6 Å². The van der Waals surface area contributed by atoms with E-state index in [2.05, 4.69) is 16.9 Å². The lowest BCUT2D eigenvalue weighted by molar-refractivity contribution is -0.349. The van der Waals surface area contributed by atoms with Gasteiger partial charge in [0.1, 0.15) is 30.0 Å². The van der Waals surface area contributed by atoms with Gasteiger partial charge in [-0.25, -0.2) is 13.5 Å². The molecule has 2 fully saturated rings. The number of nitrogens with zero attached hydrogens (tertiary/aromatic N) is 3. The predicted molar refractivity (Wildman–Crippen MR) is 109 cm³/mol. The monoisotopic (exact) mass is 455 g/mol. The van der Waals surface area contributed by atoms with Gasteiger partial charge in [-0.15, -0.1) is 11.7 Å². The van der Waals surface area contributed by atoms with Crippen LogP contribution in [0.3, 0.4) is 0 Å². The molecule has 0 radical (unpaired) electrons. The Balaban J connectivity index is 1.74. The van der Waals surface area contributed by atoms with Crippen molar-refractivity contribution in [2.45, 2.75) is 56.5 Å². The number of aromatic nitrogens is 3. The minimum Gasteiger partial charge on any atom is -0.376 e. The summed E-state index contributed by atoms with van der Waals surface area (Å²) < 4.78 is 53.9. The molecule has 2 saturated heterocycles. The number of methoxy groups -OCH3 is 1. The maximum atomic E-state index is 14.4. The molecular weight excluding hydrogens is 432 g/mol. The topological polar surface area (TPSA) is 67.6 Å². The number of halogens is 3. The van der Waals surface area contributed by atoms with Crippen LogP contribution < -0.4 is 0 Å². The van der Waals surface area contributed by atoms with E-state index in [4.69, 9.17) is 30.5 Å². The van der Waals surface area contributed by atoms with Crippen molar-refractivity contribution >= 4 is 11.6 Å². The number of hydrogen-bond acceptors (Lipinski definition) is 6. The molecule has 2 aliphatic heterocycles. The lowest BCUT2D eigenvalue weighted by Gasteiger charge is -2.51. The van der Waals surface area contributed by atoms with Crippen LogP contribution in [-0.4, -0.2) is 58.9 Å². The summed E-state index contributed by atoms with van der Waals surface area (Å²) in [5.74, 6) is -3.04. The van der Waals surface area contributed by atoms with Crippen LogP contribution in [0.4, 0.5) is 8.78 Å². The van der Waals surface area contributed by atoms with E-state index in [1.807, 2.05) is 13.8 Å². The van der Waals surface area contributed by atoms with Crippen LogP contribution in [0.2, 0.25) is 5.02 Å². The van der Waals surface area contributed by atoms with Gasteiger partial charge in [0.05, 0.1) is 23.9 Å². The Labute approximate surface area is 183 Å². The fourth-order valence-corrected chi connectivity index (χ4v) is 4.29. The average Bonchev–Trinajstić information content (AvgIpc) is 3.20. The van der Waals surface area contributed by atoms with Crippen molar-refractivity contribution in [3.05, 3.63) is 47.6 Å².